The van der Waals surface area contributed by atoms with Gasteiger partial charge in [0.15, 0.2) is 0 Å². The summed E-state index contributed by atoms with van der Waals surface area (Å²) in [6.45, 7) is 8.85. The molecule has 5 rings (SSSR count). The van der Waals surface area contributed by atoms with Crippen LogP contribution >= 0.6 is 0 Å². The van der Waals surface area contributed by atoms with E-state index < -0.39 is 11.7 Å². The van der Waals surface area contributed by atoms with E-state index in [4.69, 9.17) is 9.47 Å². The molecule has 3 aliphatic rings. The van der Waals surface area contributed by atoms with Crippen molar-refractivity contribution in [3.8, 4) is 11.5 Å². The smallest absolute Gasteiger partial charge is 0.257 e. The van der Waals surface area contributed by atoms with Gasteiger partial charge in [0.1, 0.15) is 23.2 Å². The molecule has 2 aromatic carbocycles. The van der Waals surface area contributed by atoms with Crippen LogP contribution in [-0.2, 0) is 13.0 Å². The van der Waals surface area contributed by atoms with Gasteiger partial charge in [0, 0.05) is 32.2 Å². The molecular weight excluding hydrogens is 442 g/mol. The Morgan fingerprint density at radius 1 is 1.14 bits per heavy atom. The minimum atomic E-state index is -0.635. The molecule has 0 spiro atoms. The summed E-state index contributed by atoms with van der Waals surface area (Å²) >= 11 is 0. The zero-order valence-electron chi connectivity index (χ0n) is 20.8. The standard InChI is InChI=1S/C28H37N3O4/c1-28(2)19-31(18-22(32)17-30-14-11-20-5-3-4-6-21(20)16-30)27(33)25-8-7-24(15-26(25)35-28)34-23-9-12-29-13-10-23/h3-8,15,22-23,29,32H,9-14,16-19H2,1-2H3/t22-/m1/s1. The zero-order valence-corrected chi connectivity index (χ0v) is 20.8. The van der Waals surface area contributed by atoms with Crippen LogP contribution in [-0.4, -0.2) is 77.9 Å². The fourth-order valence-electron chi connectivity index (χ4n) is 5.44. The van der Waals surface area contributed by atoms with Crippen LogP contribution in [0.2, 0.25) is 0 Å². The molecule has 1 saturated heterocycles. The number of β-amino-alcohol motifs (C(OH)–C–C–N with tert-alkyl or cyclic N) is 1. The number of nitrogens with one attached hydrogen (secondary N) is 1. The Kier molecular flexibility index (Phi) is 7.00. The largest absolute Gasteiger partial charge is 0.490 e. The summed E-state index contributed by atoms with van der Waals surface area (Å²) in [6.07, 6.45) is 2.47. The lowest BCUT2D eigenvalue weighted by Gasteiger charge is -2.33. The molecule has 7 heteroatoms. The van der Waals surface area contributed by atoms with Gasteiger partial charge in [-0.25, -0.2) is 0 Å². The Labute approximate surface area is 208 Å². The summed E-state index contributed by atoms with van der Waals surface area (Å²) in [5.74, 6) is 1.18. The molecule has 0 unspecified atom stereocenters. The quantitative estimate of drug-likeness (QED) is 0.664. The van der Waals surface area contributed by atoms with Crippen molar-refractivity contribution in [2.75, 3.05) is 39.3 Å². The minimum absolute atomic E-state index is 0.109. The first kappa shape index (κ1) is 24.1. The molecule has 188 valence electrons. The van der Waals surface area contributed by atoms with Crippen LogP contribution in [0.25, 0.3) is 0 Å². The van der Waals surface area contributed by atoms with Crippen LogP contribution in [0, 0.1) is 0 Å². The van der Waals surface area contributed by atoms with Crippen molar-refractivity contribution in [3.63, 3.8) is 0 Å². The van der Waals surface area contributed by atoms with Crippen LogP contribution < -0.4 is 14.8 Å². The summed E-state index contributed by atoms with van der Waals surface area (Å²) in [6, 6.07) is 14.0. The highest BCUT2D eigenvalue weighted by Crippen LogP contribution is 2.33. The zero-order chi connectivity index (χ0) is 24.4. The van der Waals surface area contributed by atoms with Crippen molar-refractivity contribution in [3.05, 3.63) is 59.2 Å². The van der Waals surface area contributed by atoms with Gasteiger partial charge in [-0.1, -0.05) is 24.3 Å². The third-order valence-electron chi connectivity index (χ3n) is 7.13. The topological polar surface area (TPSA) is 74.3 Å². The maximum Gasteiger partial charge on any atom is 0.257 e. The Morgan fingerprint density at radius 3 is 2.71 bits per heavy atom. The predicted octanol–water partition coefficient (Wildman–Crippen LogP) is 2.85. The molecule has 2 N–H and O–H groups in total. The SMILES string of the molecule is CC1(C)CN(C[C@H](O)CN2CCc3ccccc3C2)C(=O)c2ccc(OC3CCNCC3)cc2O1. The Balaban J connectivity index is 1.26. The second-order valence-electron chi connectivity index (χ2n) is 10.7. The lowest BCUT2D eigenvalue weighted by Crippen LogP contribution is -2.48. The molecule has 0 saturated carbocycles. The molecule has 0 bridgehead atoms. The molecule has 2 aromatic rings. The predicted molar refractivity (Wildman–Crippen MR) is 135 cm³/mol. The van der Waals surface area contributed by atoms with Crippen molar-refractivity contribution < 1.29 is 19.4 Å². The average molecular weight is 480 g/mol. The highest BCUT2D eigenvalue weighted by Gasteiger charge is 2.35. The number of aliphatic hydroxyl groups is 1. The van der Waals surface area contributed by atoms with Crippen molar-refractivity contribution >= 4 is 5.91 Å². The van der Waals surface area contributed by atoms with Gasteiger partial charge in [-0.05, 0) is 69.5 Å². The van der Waals surface area contributed by atoms with E-state index in [0.717, 1.165) is 51.2 Å². The number of hydrogen-bond donors (Lipinski definition) is 2. The molecule has 1 fully saturated rings. The fraction of sp³-hybridized carbons (Fsp3) is 0.536. The summed E-state index contributed by atoms with van der Waals surface area (Å²) in [5, 5.41) is 14.3. The van der Waals surface area contributed by atoms with Gasteiger partial charge in [0.05, 0.1) is 18.2 Å². The maximum absolute atomic E-state index is 13.5. The highest BCUT2D eigenvalue weighted by molar-refractivity contribution is 5.97. The lowest BCUT2D eigenvalue weighted by molar-refractivity contribution is 0.0287. The second kappa shape index (κ2) is 10.2. The van der Waals surface area contributed by atoms with Crippen LogP contribution in [0.3, 0.4) is 0 Å². The van der Waals surface area contributed by atoms with Gasteiger partial charge in [-0.2, -0.15) is 0 Å². The fourth-order valence-corrected chi connectivity index (χ4v) is 5.44. The number of carbonyl (C=O) groups is 1. The molecule has 3 heterocycles. The van der Waals surface area contributed by atoms with E-state index in [-0.39, 0.29) is 18.6 Å². The monoisotopic (exact) mass is 479 g/mol. The van der Waals surface area contributed by atoms with E-state index in [1.165, 1.54) is 11.1 Å². The number of piperidine rings is 1. The third kappa shape index (κ3) is 5.80. The molecular formula is C28H37N3O4. The molecule has 35 heavy (non-hydrogen) atoms. The third-order valence-corrected chi connectivity index (χ3v) is 7.13. The van der Waals surface area contributed by atoms with Crippen molar-refractivity contribution in [1.29, 1.82) is 0 Å². The molecule has 7 nitrogen and oxygen atoms in total. The Hall–Kier alpha value is -2.61. The molecule has 0 aliphatic carbocycles. The molecule has 1 amide bonds. The summed E-state index contributed by atoms with van der Waals surface area (Å²) in [4.78, 5) is 17.5. The molecule has 3 aliphatic heterocycles. The summed E-state index contributed by atoms with van der Waals surface area (Å²) in [5.41, 5.74) is 2.65. The summed E-state index contributed by atoms with van der Waals surface area (Å²) < 4.78 is 12.5. The first-order valence-corrected chi connectivity index (χ1v) is 12.8. The van der Waals surface area contributed by atoms with Gasteiger partial charge >= 0.3 is 0 Å². The minimum Gasteiger partial charge on any atom is -0.490 e. The Morgan fingerprint density at radius 2 is 1.91 bits per heavy atom. The van der Waals surface area contributed by atoms with Crippen molar-refractivity contribution in [2.24, 2.45) is 0 Å². The number of aliphatic hydroxyl groups excluding tert-OH is 1. The van der Waals surface area contributed by atoms with Gasteiger partial charge in [0.25, 0.3) is 5.91 Å². The second-order valence-corrected chi connectivity index (χ2v) is 10.7. The molecule has 1 atom stereocenters. The average Bonchev–Trinajstić information content (AvgIpc) is 2.92. The number of amides is 1. The van der Waals surface area contributed by atoms with Crippen LogP contribution in [0.4, 0.5) is 0 Å². The first-order valence-electron chi connectivity index (χ1n) is 12.8. The van der Waals surface area contributed by atoms with Crippen LogP contribution in [0.5, 0.6) is 11.5 Å². The van der Waals surface area contributed by atoms with E-state index in [2.05, 4.69) is 34.5 Å². The van der Waals surface area contributed by atoms with Crippen LogP contribution in [0.1, 0.15) is 48.2 Å². The Bertz CT molecular complexity index is 1050. The normalized spacial score (nSPS) is 21.5. The van der Waals surface area contributed by atoms with Gasteiger partial charge in [0.2, 0.25) is 0 Å². The number of carbonyl (C=O) groups excluding carboxylic acids is 1. The number of rotatable bonds is 6. The van der Waals surface area contributed by atoms with Gasteiger partial charge < -0.3 is 24.8 Å². The number of ether oxygens (including phenoxy) is 2. The van der Waals surface area contributed by atoms with Crippen LogP contribution in [0.15, 0.2) is 42.5 Å². The number of nitrogens with zero attached hydrogens (tertiary/aromatic N) is 2. The van der Waals surface area contributed by atoms with E-state index >= 15 is 0 Å². The number of hydrogen-bond acceptors (Lipinski definition) is 6. The van der Waals surface area contributed by atoms with Gasteiger partial charge in [-0.3, -0.25) is 9.69 Å². The van der Waals surface area contributed by atoms with Gasteiger partial charge in [-0.15, -0.1) is 0 Å². The highest BCUT2D eigenvalue weighted by atomic mass is 16.5. The van der Waals surface area contributed by atoms with Crippen molar-refractivity contribution in [2.45, 2.75) is 57.5 Å². The first-order chi connectivity index (χ1) is 16.9. The summed E-state index contributed by atoms with van der Waals surface area (Å²) in [7, 11) is 0. The molecule has 0 radical (unpaired) electrons. The van der Waals surface area contributed by atoms with E-state index in [1.807, 2.05) is 26.0 Å². The maximum atomic E-state index is 13.5. The van der Waals surface area contributed by atoms with E-state index in [0.29, 0.717) is 24.4 Å². The van der Waals surface area contributed by atoms with E-state index in [9.17, 15) is 9.90 Å². The lowest BCUT2D eigenvalue weighted by atomic mass is 9.99. The van der Waals surface area contributed by atoms with Crippen molar-refractivity contribution in [1.82, 2.24) is 15.1 Å². The van der Waals surface area contributed by atoms with E-state index in [1.54, 1.807) is 11.0 Å². The molecule has 0 aromatic heterocycles. The number of fused-ring (bicyclic) bond motifs is 2. The number of benzene rings is 2.